The number of rotatable bonds is 4. The molecule has 6 heteroatoms. The number of halogens is 1. The summed E-state index contributed by atoms with van der Waals surface area (Å²) >= 11 is 0.00252. The van der Waals surface area contributed by atoms with E-state index in [0.29, 0.717) is 5.56 Å². The molecule has 1 aliphatic rings. The van der Waals surface area contributed by atoms with Gasteiger partial charge in [0.15, 0.2) is 0 Å². The maximum Gasteiger partial charge on any atom is 0.0991 e. The summed E-state index contributed by atoms with van der Waals surface area (Å²) in [5.41, 5.74) is 2.97. The van der Waals surface area contributed by atoms with Gasteiger partial charge in [0.05, 0.1) is 44.8 Å². The van der Waals surface area contributed by atoms with Gasteiger partial charge >= 0.3 is 0 Å². The second kappa shape index (κ2) is 5.96. The first kappa shape index (κ1) is 13.0. The molecule has 0 saturated carbocycles. The molecule has 0 amide bonds. The molecular formula is C14H12IN5. The van der Waals surface area contributed by atoms with Crippen LogP contribution in [0.3, 0.4) is 0 Å². The third-order valence-electron chi connectivity index (χ3n) is 2.98. The molecule has 2 heterocycles. The molecule has 20 heavy (non-hydrogen) atoms. The van der Waals surface area contributed by atoms with Crippen molar-refractivity contribution >= 4 is 29.1 Å². The average molecular weight is 377 g/mol. The molecular weight excluding hydrogens is 365 g/mol. The van der Waals surface area contributed by atoms with Crippen LogP contribution in [0.4, 0.5) is 0 Å². The number of benzene rings is 1. The zero-order chi connectivity index (χ0) is 13.8. The van der Waals surface area contributed by atoms with E-state index >= 15 is 0 Å². The third kappa shape index (κ3) is 2.93. The van der Waals surface area contributed by atoms with E-state index in [1.54, 1.807) is 0 Å². The van der Waals surface area contributed by atoms with Crippen molar-refractivity contribution in [2.75, 3.05) is 0 Å². The Bertz CT molecular complexity index is 681. The Hall–Kier alpha value is -2.01. The zero-order valence-corrected chi connectivity index (χ0v) is 12.8. The molecule has 0 fully saturated rings. The number of hydrogen-bond donors (Lipinski definition) is 0. The lowest BCUT2D eigenvalue weighted by Crippen LogP contribution is -2.15. The Morgan fingerprint density at radius 2 is 2.05 bits per heavy atom. The Morgan fingerprint density at radius 3 is 2.75 bits per heavy atom. The Kier molecular flexibility index (Phi) is 3.87. The largest absolute Gasteiger partial charge is 0.328 e. The van der Waals surface area contributed by atoms with E-state index in [4.69, 9.17) is 5.26 Å². The maximum absolute atomic E-state index is 8.80. The normalized spacial score (nSPS) is 13.2. The Balaban J connectivity index is 1.74. The van der Waals surface area contributed by atoms with Gasteiger partial charge in [-0.1, -0.05) is 32.9 Å². The lowest BCUT2D eigenvalue weighted by Gasteiger charge is -2.13. The van der Waals surface area contributed by atoms with Crippen molar-refractivity contribution in [1.29, 1.82) is 5.26 Å². The number of imidazole rings is 1. The highest BCUT2D eigenvalue weighted by atomic mass is 127. The highest BCUT2D eigenvalue weighted by Crippen LogP contribution is 2.12. The lowest BCUT2D eigenvalue weighted by atomic mass is 10.1. The second-order valence-electron chi connectivity index (χ2n) is 4.36. The molecule has 0 bridgehead atoms. The van der Waals surface area contributed by atoms with E-state index in [1.165, 1.54) is 0 Å². The molecule has 0 unspecified atom stereocenters. The third-order valence-corrected chi connectivity index (χ3v) is 4.51. The minimum atomic E-state index is 0.00252. The molecule has 0 radical (unpaired) electrons. The summed E-state index contributed by atoms with van der Waals surface area (Å²) < 4.78 is 6.28. The van der Waals surface area contributed by atoms with Crippen LogP contribution >= 0.6 is 20.7 Å². The minimum Gasteiger partial charge on any atom is -0.328 e. The van der Waals surface area contributed by atoms with Gasteiger partial charge in [-0.2, -0.15) is 10.4 Å². The molecule has 1 aliphatic heterocycles. The summed E-state index contributed by atoms with van der Waals surface area (Å²) in [6.07, 6.45) is 3.71. The zero-order valence-electron chi connectivity index (χ0n) is 10.6. The molecule has 0 atom stereocenters. The summed E-state index contributed by atoms with van der Waals surface area (Å²) in [6, 6.07) is 9.77. The Morgan fingerprint density at radius 1 is 1.20 bits per heavy atom. The number of aromatic nitrogens is 2. The van der Waals surface area contributed by atoms with Crippen molar-refractivity contribution in [3.05, 3.63) is 53.6 Å². The van der Waals surface area contributed by atoms with Crippen molar-refractivity contribution in [3.63, 3.8) is 0 Å². The van der Waals surface area contributed by atoms with Gasteiger partial charge < -0.3 is 4.57 Å². The summed E-state index contributed by atoms with van der Waals surface area (Å²) in [7, 11) is 0. The van der Waals surface area contributed by atoms with Crippen molar-refractivity contribution in [1.82, 2.24) is 14.6 Å². The predicted molar refractivity (Wildman–Crippen MR) is 86.6 cm³/mol. The van der Waals surface area contributed by atoms with Gasteiger partial charge in [0.2, 0.25) is 0 Å². The highest BCUT2D eigenvalue weighted by Gasteiger charge is 2.08. The van der Waals surface area contributed by atoms with Gasteiger partial charge in [-0.05, 0) is 17.7 Å². The van der Waals surface area contributed by atoms with Crippen molar-refractivity contribution in [3.8, 4) is 6.07 Å². The van der Waals surface area contributed by atoms with Gasteiger partial charge in [-0.15, -0.1) is 0 Å². The first-order valence-corrected chi connectivity index (χ1v) is 8.57. The maximum atomic E-state index is 8.80. The summed E-state index contributed by atoms with van der Waals surface area (Å²) in [5.74, 6) is 0. The molecule has 1 aromatic carbocycles. The first-order valence-electron chi connectivity index (χ1n) is 6.07. The highest BCUT2D eigenvalue weighted by molar-refractivity contribution is 14.2. The monoisotopic (exact) mass is 377 g/mol. The van der Waals surface area contributed by atoms with Crippen LogP contribution in [0.2, 0.25) is 0 Å². The number of nitriles is 1. The fraction of sp³-hybridized carbons (Fsp3) is 0.143. The second-order valence-corrected chi connectivity index (χ2v) is 6.19. The van der Waals surface area contributed by atoms with Crippen LogP contribution in [0.15, 0.2) is 41.9 Å². The van der Waals surface area contributed by atoms with Gasteiger partial charge in [0.25, 0.3) is 0 Å². The van der Waals surface area contributed by atoms with Gasteiger partial charge in [-0.25, -0.2) is 4.98 Å². The van der Waals surface area contributed by atoms with E-state index in [9.17, 15) is 0 Å². The van der Waals surface area contributed by atoms with Crippen LogP contribution in [-0.2, 0) is 13.1 Å². The smallest absolute Gasteiger partial charge is 0.0991 e. The standard InChI is InChI=1S/C14H12IN5/c16-5-12-1-3-13(4-2-12)7-19-11-17-6-14(19)8-20-10-15-9-18-20/h1-4,6,9-11H,7-8H2. The minimum absolute atomic E-state index is 0.00252. The van der Waals surface area contributed by atoms with E-state index in [0.717, 1.165) is 24.3 Å². The molecule has 5 nitrogen and oxygen atoms in total. The van der Waals surface area contributed by atoms with Crippen LogP contribution in [-0.4, -0.2) is 22.9 Å². The van der Waals surface area contributed by atoms with Crippen LogP contribution in [0.1, 0.15) is 16.8 Å². The van der Waals surface area contributed by atoms with Gasteiger partial charge in [-0.3, -0.25) is 5.01 Å². The van der Waals surface area contributed by atoms with Crippen molar-refractivity contribution < 1.29 is 0 Å². The van der Waals surface area contributed by atoms with E-state index < -0.39 is 0 Å². The summed E-state index contributed by atoms with van der Waals surface area (Å²) in [6.45, 7) is 1.51. The summed E-state index contributed by atoms with van der Waals surface area (Å²) in [4.78, 5) is 4.22. The van der Waals surface area contributed by atoms with Gasteiger partial charge in [0.1, 0.15) is 0 Å². The van der Waals surface area contributed by atoms with Gasteiger partial charge in [0, 0.05) is 6.54 Å². The van der Waals surface area contributed by atoms with Crippen LogP contribution in [0, 0.1) is 11.3 Å². The predicted octanol–water partition coefficient (Wildman–Crippen LogP) is 2.29. The molecule has 0 spiro atoms. The summed E-state index contributed by atoms with van der Waals surface area (Å²) in [5, 5.41) is 15.1. The molecule has 2 aromatic rings. The van der Waals surface area contributed by atoms with Crippen LogP contribution in [0.25, 0.3) is 0 Å². The molecule has 0 N–H and O–H groups in total. The molecule has 0 saturated heterocycles. The number of nitrogens with zero attached hydrogens (tertiary/aromatic N) is 5. The van der Waals surface area contributed by atoms with Crippen molar-refractivity contribution in [2.24, 2.45) is 5.10 Å². The van der Waals surface area contributed by atoms with E-state index in [2.05, 4.69) is 24.9 Å². The fourth-order valence-electron chi connectivity index (χ4n) is 1.94. The molecule has 0 aliphatic carbocycles. The first-order chi connectivity index (χ1) is 9.85. The fourth-order valence-corrected chi connectivity index (χ4v) is 3.26. The van der Waals surface area contributed by atoms with Crippen LogP contribution < -0.4 is 0 Å². The van der Waals surface area contributed by atoms with E-state index in [-0.39, 0.29) is 20.7 Å². The quantitative estimate of drug-likeness (QED) is 0.769. The topological polar surface area (TPSA) is 57.2 Å². The molecule has 100 valence electrons. The van der Waals surface area contributed by atoms with E-state index in [1.807, 2.05) is 46.0 Å². The number of hydrazone groups is 1. The molecule has 3 rings (SSSR count). The SMILES string of the molecule is N#Cc1ccc(Cn2cncc2CN2C=IC=N2)cc1. The van der Waals surface area contributed by atoms with Crippen LogP contribution in [0.5, 0.6) is 0 Å². The number of hydrogen-bond acceptors (Lipinski definition) is 4. The Labute approximate surface area is 126 Å². The lowest BCUT2D eigenvalue weighted by molar-refractivity contribution is 0.448. The average Bonchev–Trinajstić information content (AvgIpc) is 3.13. The van der Waals surface area contributed by atoms with Crippen molar-refractivity contribution in [2.45, 2.75) is 13.1 Å². The molecule has 1 aromatic heterocycles.